The lowest BCUT2D eigenvalue weighted by Crippen LogP contribution is -2.39. The van der Waals surface area contributed by atoms with Crippen molar-refractivity contribution in [2.24, 2.45) is 0 Å². The minimum atomic E-state index is -0.683. The van der Waals surface area contributed by atoms with Gasteiger partial charge in [0.25, 0.3) is 0 Å². The quantitative estimate of drug-likeness (QED) is 0.905. The number of fused-ring (bicyclic) bond motifs is 1. The lowest BCUT2D eigenvalue weighted by atomic mass is 9.92. The van der Waals surface area contributed by atoms with Crippen LogP contribution in [0.3, 0.4) is 0 Å². The van der Waals surface area contributed by atoms with E-state index in [4.69, 9.17) is 4.74 Å². The Hall–Kier alpha value is -1.55. The van der Waals surface area contributed by atoms with Crippen molar-refractivity contribution in [3.63, 3.8) is 0 Å². The Morgan fingerprint density at radius 3 is 3.05 bits per heavy atom. The van der Waals surface area contributed by atoms with Crippen LogP contribution in [0.1, 0.15) is 30.7 Å². The van der Waals surface area contributed by atoms with E-state index in [2.05, 4.69) is 11.0 Å². The molecule has 1 fully saturated rings. The molecule has 1 unspecified atom stereocenters. The zero-order valence-electron chi connectivity index (χ0n) is 10.9. The third-order valence-electron chi connectivity index (χ3n) is 4.19. The lowest BCUT2D eigenvalue weighted by Gasteiger charge is -2.31. The van der Waals surface area contributed by atoms with Crippen molar-refractivity contribution in [3.05, 3.63) is 29.8 Å². The van der Waals surface area contributed by atoms with Crippen LogP contribution in [0.4, 0.5) is 0 Å². The van der Waals surface area contributed by atoms with E-state index in [1.807, 2.05) is 18.2 Å². The van der Waals surface area contributed by atoms with Crippen molar-refractivity contribution in [3.8, 4) is 5.75 Å². The molecule has 0 aliphatic carbocycles. The third kappa shape index (κ3) is 2.45. The van der Waals surface area contributed by atoms with E-state index in [1.54, 1.807) is 0 Å². The van der Waals surface area contributed by atoms with Gasteiger partial charge >= 0.3 is 5.97 Å². The van der Waals surface area contributed by atoms with Crippen molar-refractivity contribution in [1.29, 1.82) is 0 Å². The van der Waals surface area contributed by atoms with Crippen molar-refractivity contribution in [1.82, 2.24) is 4.90 Å². The van der Waals surface area contributed by atoms with Crippen LogP contribution in [-0.2, 0) is 4.79 Å². The number of carboxylic acid groups (broad SMARTS) is 1. The zero-order valence-corrected chi connectivity index (χ0v) is 10.9. The predicted molar refractivity (Wildman–Crippen MR) is 71.5 cm³/mol. The normalized spacial score (nSPS) is 26.7. The summed E-state index contributed by atoms with van der Waals surface area (Å²) in [5.74, 6) is 0.674. The molecule has 0 saturated carbocycles. The number of benzene rings is 1. The number of ether oxygens (including phenoxy) is 1. The molecule has 2 aliphatic rings. The Bertz CT molecular complexity index is 474. The van der Waals surface area contributed by atoms with Crippen molar-refractivity contribution >= 4 is 5.97 Å². The van der Waals surface area contributed by atoms with E-state index in [0.717, 1.165) is 44.7 Å². The molecular weight excluding hydrogens is 242 g/mol. The Morgan fingerprint density at radius 1 is 1.37 bits per heavy atom. The molecule has 3 rings (SSSR count). The van der Waals surface area contributed by atoms with Gasteiger partial charge in [0.2, 0.25) is 0 Å². The van der Waals surface area contributed by atoms with Crippen LogP contribution >= 0.6 is 0 Å². The standard InChI is InChI=1S/C15H19NO3/c17-15(18)13-5-3-8-16(13)10-11-7-9-19-14-6-2-1-4-12(11)14/h1-2,4,6,11,13H,3,5,7-10H2,(H,17,18)/t11?,13-/m0/s1. The second-order valence-electron chi connectivity index (χ2n) is 5.36. The van der Waals surface area contributed by atoms with Gasteiger partial charge in [0, 0.05) is 12.5 Å². The number of hydrogen-bond donors (Lipinski definition) is 1. The predicted octanol–water partition coefficient (Wildman–Crippen LogP) is 2.10. The van der Waals surface area contributed by atoms with E-state index >= 15 is 0 Å². The molecule has 102 valence electrons. The largest absolute Gasteiger partial charge is 0.493 e. The van der Waals surface area contributed by atoms with Crippen LogP contribution in [0.5, 0.6) is 5.75 Å². The summed E-state index contributed by atoms with van der Waals surface area (Å²) in [7, 11) is 0. The summed E-state index contributed by atoms with van der Waals surface area (Å²) >= 11 is 0. The molecule has 1 saturated heterocycles. The van der Waals surface area contributed by atoms with Crippen molar-refractivity contribution in [2.75, 3.05) is 19.7 Å². The highest BCUT2D eigenvalue weighted by Gasteiger charge is 2.33. The van der Waals surface area contributed by atoms with E-state index in [0.29, 0.717) is 5.92 Å². The van der Waals surface area contributed by atoms with Gasteiger partial charge in [-0.1, -0.05) is 18.2 Å². The number of para-hydroxylation sites is 1. The second-order valence-corrected chi connectivity index (χ2v) is 5.36. The Kier molecular flexibility index (Phi) is 3.42. The Labute approximate surface area is 113 Å². The second kappa shape index (κ2) is 5.21. The Balaban J connectivity index is 1.76. The van der Waals surface area contributed by atoms with Gasteiger partial charge in [-0.2, -0.15) is 0 Å². The van der Waals surface area contributed by atoms with Crippen molar-refractivity contribution in [2.45, 2.75) is 31.2 Å². The molecule has 4 heteroatoms. The summed E-state index contributed by atoms with van der Waals surface area (Å²) in [6.07, 6.45) is 2.74. The van der Waals surface area contributed by atoms with Gasteiger partial charge in [0.1, 0.15) is 11.8 Å². The molecule has 1 aromatic rings. The molecule has 0 aromatic heterocycles. The summed E-state index contributed by atoms with van der Waals surface area (Å²) < 4.78 is 5.66. The number of rotatable bonds is 3. The highest BCUT2D eigenvalue weighted by atomic mass is 16.5. The highest BCUT2D eigenvalue weighted by molar-refractivity contribution is 5.73. The molecule has 19 heavy (non-hydrogen) atoms. The van der Waals surface area contributed by atoms with E-state index in [1.165, 1.54) is 5.56 Å². The van der Waals surface area contributed by atoms with E-state index < -0.39 is 5.97 Å². The SMILES string of the molecule is O=C(O)[C@@H]1CCCN1CC1CCOc2ccccc21. The van der Waals surface area contributed by atoms with Gasteiger partial charge in [-0.05, 0) is 37.4 Å². The minimum Gasteiger partial charge on any atom is -0.493 e. The van der Waals surface area contributed by atoms with Gasteiger partial charge in [0.05, 0.1) is 6.61 Å². The van der Waals surface area contributed by atoms with Crippen LogP contribution in [0.25, 0.3) is 0 Å². The van der Waals surface area contributed by atoms with Crippen LogP contribution in [-0.4, -0.2) is 41.7 Å². The first-order valence-electron chi connectivity index (χ1n) is 6.94. The zero-order chi connectivity index (χ0) is 13.2. The smallest absolute Gasteiger partial charge is 0.320 e. The first-order chi connectivity index (χ1) is 9.25. The molecule has 0 amide bonds. The van der Waals surface area contributed by atoms with Crippen LogP contribution in [0.15, 0.2) is 24.3 Å². The number of carboxylic acids is 1. The average molecular weight is 261 g/mol. The monoisotopic (exact) mass is 261 g/mol. The number of aliphatic carboxylic acids is 1. The summed E-state index contributed by atoms with van der Waals surface area (Å²) in [6.45, 7) is 2.46. The summed E-state index contributed by atoms with van der Waals surface area (Å²) in [5, 5.41) is 9.24. The van der Waals surface area contributed by atoms with Crippen molar-refractivity contribution < 1.29 is 14.6 Å². The molecular formula is C15H19NO3. The fraction of sp³-hybridized carbons (Fsp3) is 0.533. The molecule has 0 bridgehead atoms. The maximum Gasteiger partial charge on any atom is 0.320 e. The molecule has 2 aliphatic heterocycles. The summed E-state index contributed by atoms with van der Waals surface area (Å²) in [6, 6.07) is 7.82. The number of carbonyl (C=O) groups is 1. The van der Waals surface area contributed by atoms with Gasteiger partial charge in [-0.3, -0.25) is 9.69 Å². The lowest BCUT2D eigenvalue weighted by molar-refractivity contribution is -0.142. The summed E-state index contributed by atoms with van der Waals surface area (Å²) in [5.41, 5.74) is 1.23. The van der Waals surface area contributed by atoms with Crippen LogP contribution in [0, 0.1) is 0 Å². The third-order valence-corrected chi connectivity index (χ3v) is 4.19. The topological polar surface area (TPSA) is 49.8 Å². The van der Waals surface area contributed by atoms with Gasteiger partial charge in [0.15, 0.2) is 0 Å². The minimum absolute atomic E-state index is 0.296. The number of hydrogen-bond acceptors (Lipinski definition) is 3. The first-order valence-corrected chi connectivity index (χ1v) is 6.94. The van der Waals surface area contributed by atoms with Crippen LogP contribution < -0.4 is 4.74 Å². The van der Waals surface area contributed by atoms with Gasteiger partial charge in [-0.15, -0.1) is 0 Å². The van der Waals surface area contributed by atoms with Gasteiger partial charge in [-0.25, -0.2) is 0 Å². The molecule has 0 radical (unpaired) electrons. The molecule has 0 spiro atoms. The maximum absolute atomic E-state index is 11.2. The number of likely N-dealkylation sites (tertiary alicyclic amines) is 1. The van der Waals surface area contributed by atoms with Crippen LogP contribution in [0.2, 0.25) is 0 Å². The molecule has 1 aromatic carbocycles. The fourth-order valence-electron chi connectivity index (χ4n) is 3.21. The number of nitrogens with zero attached hydrogens (tertiary/aromatic N) is 1. The Morgan fingerprint density at radius 2 is 2.21 bits per heavy atom. The first kappa shape index (κ1) is 12.5. The maximum atomic E-state index is 11.2. The van der Waals surface area contributed by atoms with E-state index in [9.17, 15) is 9.90 Å². The molecule has 1 N–H and O–H groups in total. The van der Waals surface area contributed by atoms with E-state index in [-0.39, 0.29) is 6.04 Å². The molecule has 4 nitrogen and oxygen atoms in total. The average Bonchev–Trinajstić information content (AvgIpc) is 2.87. The highest BCUT2D eigenvalue weighted by Crippen LogP contribution is 2.35. The summed E-state index contributed by atoms with van der Waals surface area (Å²) in [4.78, 5) is 13.4. The fourth-order valence-corrected chi connectivity index (χ4v) is 3.21. The molecule has 2 heterocycles. The molecule has 2 atom stereocenters. The van der Waals surface area contributed by atoms with Gasteiger partial charge < -0.3 is 9.84 Å².